The molecule has 2 fully saturated rings. The van der Waals surface area contributed by atoms with Crippen LogP contribution < -0.4 is 4.90 Å². The first-order valence-electron chi connectivity index (χ1n) is 10.3. The topological polar surface area (TPSA) is 106 Å². The first-order valence-corrected chi connectivity index (χ1v) is 11.9. The van der Waals surface area contributed by atoms with Crippen LogP contribution in [-0.4, -0.2) is 59.6 Å². The van der Waals surface area contributed by atoms with E-state index in [-0.39, 0.29) is 17.6 Å². The zero-order chi connectivity index (χ0) is 20.4. The summed E-state index contributed by atoms with van der Waals surface area (Å²) in [6.45, 7) is 1.07. The first kappa shape index (κ1) is 20.1. The predicted octanol–water partition coefficient (Wildman–Crippen LogP) is 2.52. The molecule has 4 rings (SSSR count). The number of H-pyrrole nitrogens is 1. The summed E-state index contributed by atoms with van der Waals surface area (Å²) < 4.78 is 27.2. The van der Waals surface area contributed by atoms with Crippen molar-refractivity contribution in [3.63, 3.8) is 0 Å². The molecule has 1 N–H and O–H groups in total. The molecular formula is C20H28N6O2S. The monoisotopic (exact) mass is 416 g/mol. The molecule has 0 bridgehead atoms. The number of hydrogen-bond acceptors (Lipinski definition) is 6. The maximum absolute atomic E-state index is 12.8. The molecule has 29 heavy (non-hydrogen) atoms. The average molecular weight is 417 g/mol. The van der Waals surface area contributed by atoms with E-state index in [4.69, 9.17) is 5.26 Å². The van der Waals surface area contributed by atoms with Gasteiger partial charge in [0, 0.05) is 38.8 Å². The Kier molecular flexibility index (Phi) is 5.74. The number of nitriles is 1. The van der Waals surface area contributed by atoms with Gasteiger partial charge in [0.15, 0.2) is 0 Å². The van der Waals surface area contributed by atoms with Crippen LogP contribution >= 0.6 is 0 Å². The second kappa shape index (κ2) is 8.28. The van der Waals surface area contributed by atoms with Gasteiger partial charge in [-0.05, 0) is 50.0 Å². The van der Waals surface area contributed by atoms with Crippen molar-refractivity contribution in [2.75, 3.05) is 30.8 Å². The highest BCUT2D eigenvalue weighted by Crippen LogP contribution is 2.33. The molecule has 0 spiro atoms. The molecule has 1 aliphatic carbocycles. The summed E-state index contributed by atoms with van der Waals surface area (Å²) in [6.07, 6.45) is 8.44. The van der Waals surface area contributed by atoms with Crippen molar-refractivity contribution in [2.24, 2.45) is 11.8 Å². The van der Waals surface area contributed by atoms with E-state index in [1.165, 1.54) is 0 Å². The van der Waals surface area contributed by atoms with Gasteiger partial charge >= 0.3 is 0 Å². The van der Waals surface area contributed by atoms with E-state index in [0.29, 0.717) is 25.6 Å². The van der Waals surface area contributed by atoms with Gasteiger partial charge in [-0.3, -0.25) is 0 Å². The van der Waals surface area contributed by atoms with Crippen molar-refractivity contribution in [3.05, 3.63) is 18.6 Å². The van der Waals surface area contributed by atoms with Crippen molar-refractivity contribution in [1.29, 1.82) is 5.26 Å². The number of hydrogen-bond donors (Lipinski definition) is 1. The standard InChI is InChI=1S/C20H28N6O2S/c1-25(20-18-7-10-22-19(18)23-14-24-20)17-4-2-16(3-5-17)13-29(27,28)26-11-8-15(12-26)6-9-21/h7,10,14-17H,2-6,8,11-13H2,1H3,(H,22,23,24)/t15-,16-,17-/m1/s1. The summed E-state index contributed by atoms with van der Waals surface area (Å²) >= 11 is 0. The van der Waals surface area contributed by atoms with Gasteiger partial charge in [-0.2, -0.15) is 5.26 Å². The van der Waals surface area contributed by atoms with E-state index in [2.05, 4.69) is 33.0 Å². The fourth-order valence-electron chi connectivity index (χ4n) is 4.76. The number of rotatable bonds is 6. The number of anilines is 1. The Hall–Kier alpha value is -2.18. The predicted molar refractivity (Wildman–Crippen MR) is 112 cm³/mol. The Morgan fingerprint density at radius 2 is 2.03 bits per heavy atom. The van der Waals surface area contributed by atoms with E-state index in [9.17, 15) is 8.42 Å². The summed E-state index contributed by atoms with van der Waals surface area (Å²) in [5.41, 5.74) is 0.835. The Balaban J connectivity index is 1.34. The summed E-state index contributed by atoms with van der Waals surface area (Å²) in [4.78, 5) is 14.1. The van der Waals surface area contributed by atoms with Gasteiger partial charge in [-0.15, -0.1) is 0 Å². The zero-order valence-electron chi connectivity index (χ0n) is 16.8. The van der Waals surface area contributed by atoms with Gasteiger partial charge in [-0.1, -0.05) is 0 Å². The summed E-state index contributed by atoms with van der Waals surface area (Å²) in [7, 11) is -1.17. The number of aromatic amines is 1. The Morgan fingerprint density at radius 1 is 1.24 bits per heavy atom. The van der Waals surface area contributed by atoms with Crippen molar-refractivity contribution in [2.45, 2.75) is 44.6 Å². The fraction of sp³-hybridized carbons (Fsp3) is 0.650. The van der Waals surface area contributed by atoms with Gasteiger partial charge in [0.1, 0.15) is 17.8 Å². The highest BCUT2D eigenvalue weighted by Gasteiger charge is 2.34. The molecule has 0 radical (unpaired) electrons. The molecule has 9 heteroatoms. The molecule has 8 nitrogen and oxygen atoms in total. The second-order valence-electron chi connectivity index (χ2n) is 8.38. The van der Waals surface area contributed by atoms with Crippen molar-refractivity contribution < 1.29 is 8.42 Å². The number of nitrogens with zero attached hydrogens (tertiary/aromatic N) is 5. The molecule has 0 unspecified atom stereocenters. The summed E-state index contributed by atoms with van der Waals surface area (Å²) in [6, 6.07) is 4.51. The molecule has 3 heterocycles. The highest BCUT2D eigenvalue weighted by molar-refractivity contribution is 7.89. The lowest BCUT2D eigenvalue weighted by Gasteiger charge is -2.35. The number of nitrogens with one attached hydrogen (secondary N) is 1. The van der Waals surface area contributed by atoms with Gasteiger partial charge in [-0.25, -0.2) is 22.7 Å². The van der Waals surface area contributed by atoms with Crippen molar-refractivity contribution >= 4 is 26.9 Å². The van der Waals surface area contributed by atoms with Crippen LogP contribution in [0.15, 0.2) is 18.6 Å². The second-order valence-corrected chi connectivity index (χ2v) is 10.4. The smallest absolute Gasteiger partial charge is 0.214 e. The third-order valence-electron chi connectivity index (χ3n) is 6.50. The normalized spacial score (nSPS) is 25.9. The number of aromatic nitrogens is 3. The largest absolute Gasteiger partial charge is 0.356 e. The van der Waals surface area contributed by atoms with Gasteiger partial charge < -0.3 is 9.88 Å². The van der Waals surface area contributed by atoms with Crippen LogP contribution in [0.4, 0.5) is 5.82 Å². The third kappa shape index (κ3) is 4.23. The molecular weight excluding hydrogens is 388 g/mol. The Bertz CT molecular complexity index is 990. The highest BCUT2D eigenvalue weighted by atomic mass is 32.2. The maximum atomic E-state index is 12.8. The maximum Gasteiger partial charge on any atom is 0.214 e. The van der Waals surface area contributed by atoms with E-state index in [1.807, 2.05) is 12.3 Å². The Labute approximate surface area is 172 Å². The molecule has 2 aromatic rings. The van der Waals surface area contributed by atoms with Crippen LogP contribution in [0, 0.1) is 23.2 Å². The molecule has 0 amide bonds. The minimum Gasteiger partial charge on any atom is -0.356 e. The minimum atomic E-state index is -3.24. The van der Waals surface area contributed by atoms with Crippen LogP contribution in [0.3, 0.4) is 0 Å². The first-order chi connectivity index (χ1) is 14.0. The lowest BCUT2D eigenvalue weighted by molar-refractivity contribution is 0.335. The number of fused-ring (bicyclic) bond motifs is 1. The molecule has 156 valence electrons. The van der Waals surface area contributed by atoms with Crippen molar-refractivity contribution in [1.82, 2.24) is 19.3 Å². The average Bonchev–Trinajstić information content (AvgIpc) is 3.37. The van der Waals surface area contributed by atoms with Gasteiger partial charge in [0.2, 0.25) is 10.0 Å². The van der Waals surface area contributed by atoms with Crippen LogP contribution in [0.1, 0.15) is 38.5 Å². The quantitative estimate of drug-likeness (QED) is 0.776. The van der Waals surface area contributed by atoms with Crippen LogP contribution in [-0.2, 0) is 10.0 Å². The molecule has 0 aromatic carbocycles. The molecule has 1 saturated carbocycles. The zero-order valence-corrected chi connectivity index (χ0v) is 17.6. The molecule has 2 aromatic heterocycles. The lowest BCUT2D eigenvalue weighted by Crippen LogP contribution is -2.39. The van der Waals surface area contributed by atoms with Crippen LogP contribution in [0.25, 0.3) is 11.0 Å². The molecule has 1 aliphatic heterocycles. The number of sulfonamides is 1. The van der Waals surface area contributed by atoms with Gasteiger partial charge in [0.25, 0.3) is 0 Å². The van der Waals surface area contributed by atoms with E-state index < -0.39 is 10.0 Å². The van der Waals surface area contributed by atoms with E-state index in [0.717, 1.165) is 49.0 Å². The molecule has 1 atom stereocenters. The lowest BCUT2D eigenvalue weighted by atomic mass is 9.86. The summed E-state index contributed by atoms with van der Waals surface area (Å²) in [5, 5.41) is 9.86. The molecule has 1 saturated heterocycles. The SMILES string of the molecule is CN(c1ncnc2[nH]ccc12)[C@H]1CC[C@H](CS(=O)(=O)N2CC[C@@H](CC#N)C2)CC1. The summed E-state index contributed by atoms with van der Waals surface area (Å²) in [5.74, 6) is 1.56. The van der Waals surface area contributed by atoms with Crippen LogP contribution in [0.5, 0.6) is 0 Å². The van der Waals surface area contributed by atoms with Gasteiger partial charge in [0.05, 0.1) is 17.2 Å². The molecule has 2 aliphatic rings. The third-order valence-corrected chi connectivity index (χ3v) is 8.51. The fourth-order valence-corrected chi connectivity index (χ4v) is 6.72. The van der Waals surface area contributed by atoms with Crippen molar-refractivity contribution in [3.8, 4) is 6.07 Å². The van der Waals surface area contributed by atoms with E-state index in [1.54, 1.807) is 10.6 Å². The Morgan fingerprint density at radius 3 is 2.79 bits per heavy atom. The minimum absolute atomic E-state index is 0.192. The van der Waals surface area contributed by atoms with Crippen LogP contribution in [0.2, 0.25) is 0 Å². The van der Waals surface area contributed by atoms with E-state index >= 15 is 0 Å².